The van der Waals surface area contributed by atoms with E-state index in [-0.39, 0.29) is 10.6 Å². The highest BCUT2D eigenvalue weighted by Crippen LogP contribution is 2.28. The summed E-state index contributed by atoms with van der Waals surface area (Å²) in [6, 6.07) is 4.05. The molecule has 0 bridgehead atoms. The molecule has 2 rings (SSSR count). The molecule has 12 heteroatoms. The molecular formula is C12H11N3O8S. The molecule has 0 atom stereocenters. The monoisotopic (exact) mass is 357 g/mol. The summed E-state index contributed by atoms with van der Waals surface area (Å²) in [6.07, 6.45) is 3.21. The predicted molar refractivity (Wildman–Crippen MR) is 80.4 cm³/mol. The smallest absolute Gasteiger partial charge is 0.313 e. The van der Waals surface area contributed by atoms with E-state index < -0.39 is 36.9 Å². The van der Waals surface area contributed by atoms with Crippen molar-refractivity contribution in [3.8, 4) is 11.5 Å². The molecule has 0 saturated carbocycles. The Bertz CT molecular complexity index is 882. The molecule has 128 valence electrons. The zero-order valence-electron chi connectivity index (χ0n) is 12.1. The van der Waals surface area contributed by atoms with Gasteiger partial charge in [-0.15, -0.1) is 0 Å². The molecule has 0 spiro atoms. The summed E-state index contributed by atoms with van der Waals surface area (Å²) in [4.78, 5) is 22.2. The Morgan fingerprint density at radius 1 is 1.00 bits per heavy atom. The number of aromatic nitrogens is 1. The number of benzene rings is 1. The fourth-order valence-electron chi connectivity index (χ4n) is 1.41. The standard InChI is InChI=1S/C7H7NO5S.C5H4N2O3/c1-14(12,13)5-2-3-7(9)6(4-5)8(10)11;8-5-3-6-2-1-4(5)7(9)10/h2-4,9H,1H3;1-3,8H. The van der Waals surface area contributed by atoms with E-state index in [9.17, 15) is 28.6 Å². The third-order valence-corrected chi connectivity index (χ3v) is 3.66. The van der Waals surface area contributed by atoms with Crippen molar-refractivity contribution in [3.63, 3.8) is 0 Å². The molecule has 24 heavy (non-hydrogen) atoms. The second-order valence-corrected chi connectivity index (χ2v) is 6.32. The molecule has 0 aliphatic rings. The summed E-state index contributed by atoms with van der Waals surface area (Å²) in [5, 5.41) is 38.2. The lowest BCUT2D eigenvalue weighted by atomic mass is 10.3. The van der Waals surface area contributed by atoms with Crippen LogP contribution in [-0.4, -0.2) is 39.7 Å². The minimum absolute atomic E-state index is 0.193. The Hall–Kier alpha value is -3.28. The average Bonchev–Trinajstić information content (AvgIpc) is 2.47. The summed E-state index contributed by atoms with van der Waals surface area (Å²) in [6.45, 7) is 0. The van der Waals surface area contributed by atoms with Crippen molar-refractivity contribution in [1.29, 1.82) is 0 Å². The zero-order chi connectivity index (χ0) is 18.5. The van der Waals surface area contributed by atoms with Crippen molar-refractivity contribution >= 4 is 21.2 Å². The summed E-state index contributed by atoms with van der Waals surface area (Å²) in [5.41, 5.74) is -0.942. The van der Waals surface area contributed by atoms with E-state index in [0.29, 0.717) is 0 Å². The van der Waals surface area contributed by atoms with Crippen LogP contribution in [0.3, 0.4) is 0 Å². The predicted octanol–water partition coefficient (Wildman–Crippen LogP) is 1.40. The molecule has 11 nitrogen and oxygen atoms in total. The van der Waals surface area contributed by atoms with Gasteiger partial charge in [0.15, 0.2) is 15.6 Å². The number of hydrogen-bond acceptors (Lipinski definition) is 9. The normalized spacial score (nSPS) is 10.4. The van der Waals surface area contributed by atoms with Crippen LogP contribution in [-0.2, 0) is 9.84 Å². The third-order valence-electron chi connectivity index (χ3n) is 2.55. The van der Waals surface area contributed by atoms with Crippen LogP contribution in [0.25, 0.3) is 0 Å². The van der Waals surface area contributed by atoms with Gasteiger partial charge in [-0.2, -0.15) is 0 Å². The Kier molecular flexibility index (Phi) is 5.73. The minimum atomic E-state index is -3.49. The molecule has 0 fully saturated rings. The van der Waals surface area contributed by atoms with Crippen LogP contribution in [0.2, 0.25) is 0 Å². The molecule has 1 aromatic heterocycles. The van der Waals surface area contributed by atoms with Crippen molar-refractivity contribution in [1.82, 2.24) is 4.98 Å². The molecule has 2 aromatic rings. The van der Waals surface area contributed by atoms with E-state index in [1.807, 2.05) is 0 Å². The number of sulfone groups is 1. The van der Waals surface area contributed by atoms with E-state index in [0.717, 1.165) is 36.7 Å². The first-order chi connectivity index (χ1) is 11.0. The van der Waals surface area contributed by atoms with Crippen molar-refractivity contribution in [3.05, 3.63) is 56.9 Å². The first kappa shape index (κ1) is 18.8. The largest absolute Gasteiger partial charge is 0.502 e. The fraction of sp³-hybridized carbons (Fsp3) is 0.0833. The van der Waals surface area contributed by atoms with Gasteiger partial charge in [-0.25, -0.2) is 8.42 Å². The van der Waals surface area contributed by atoms with Crippen molar-refractivity contribution in [2.45, 2.75) is 4.90 Å². The van der Waals surface area contributed by atoms with Gasteiger partial charge in [0.25, 0.3) is 0 Å². The second kappa shape index (κ2) is 7.32. The highest BCUT2D eigenvalue weighted by molar-refractivity contribution is 7.90. The van der Waals surface area contributed by atoms with Crippen LogP contribution >= 0.6 is 0 Å². The number of nitro benzene ring substituents is 1. The number of aromatic hydroxyl groups is 2. The summed E-state index contributed by atoms with van der Waals surface area (Å²) in [5.74, 6) is -0.963. The van der Waals surface area contributed by atoms with Gasteiger partial charge in [-0.05, 0) is 12.1 Å². The first-order valence-electron chi connectivity index (χ1n) is 5.99. The lowest BCUT2D eigenvalue weighted by Crippen LogP contribution is -1.98. The average molecular weight is 357 g/mol. The van der Waals surface area contributed by atoms with Gasteiger partial charge in [-0.3, -0.25) is 25.2 Å². The molecule has 0 radical (unpaired) electrons. The number of phenolic OH excluding ortho intramolecular Hbond substituents is 1. The van der Waals surface area contributed by atoms with Crippen LogP contribution in [0.4, 0.5) is 11.4 Å². The molecule has 0 unspecified atom stereocenters. The van der Waals surface area contributed by atoms with Gasteiger partial charge in [-0.1, -0.05) is 0 Å². The van der Waals surface area contributed by atoms with Crippen molar-refractivity contribution in [2.75, 3.05) is 6.26 Å². The van der Waals surface area contributed by atoms with E-state index in [1.165, 1.54) is 6.20 Å². The van der Waals surface area contributed by atoms with Gasteiger partial charge < -0.3 is 10.2 Å². The van der Waals surface area contributed by atoms with Crippen LogP contribution in [0, 0.1) is 20.2 Å². The number of hydrogen-bond donors (Lipinski definition) is 2. The molecule has 2 N–H and O–H groups in total. The summed E-state index contributed by atoms with van der Waals surface area (Å²) >= 11 is 0. The molecule has 1 heterocycles. The van der Waals surface area contributed by atoms with Gasteiger partial charge >= 0.3 is 11.4 Å². The number of pyridine rings is 1. The Morgan fingerprint density at radius 3 is 2.00 bits per heavy atom. The van der Waals surface area contributed by atoms with Gasteiger partial charge in [0.1, 0.15) is 0 Å². The highest BCUT2D eigenvalue weighted by Gasteiger charge is 2.17. The third kappa shape index (κ3) is 4.88. The first-order valence-corrected chi connectivity index (χ1v) is 7.88. The summed E-state index contributed by atoms with van der Waals surface area (Å²) in [7, 11) is -3.49. The quantitative estimate of drug-likeness (QED) is 0.607. The Balaban J connectivity index is 0.000000254. The Labute approximate surface area is 135 Å². The van der Waals surface area contributed by atoms with E-state index in [1.54, 1.807) is 0 Å². The maximum Gasteiger partial charge on any atom is 0.313 e. The van der Waals surface area contributed by atoms with Gasteiger partial charge in [0.2, 0.25) is 5.75 Å². The zero-order valence-corrected chi connectivity index (χ0v) is 12.9. The number of nitrogens with zero attached hydrogens (tertiary/aromatic N) is 3. The van der Waals surface area contributed by atoms with Crippen LogP contribution < -0.4 is 0 Å². The Morgan fingerprint density at radius 2 is 1.58 bits per heavy atom. The lowest BCUT2D eigenvalue weighted by Gasteiger charge is -1.99. The van der Waals surface area contributed by atoms with Crippen LogP contribution in [0.15, 0.2) is 41.6 Å². The van der Waals surface area contributed by atoms with Crippen molar-refractivity contribution < 1.29 is 28.5 Å². The van der Waals surface area contributed by atoms with E-state index in [2.05, 4.69) is 4.98 Å². The second-order valence-electron chi connectivity index (χ2n) is 4.30. The van der Waals surface area contributed by atoms with Gasteiger partial charge in [0.05, 0.1) is 20.9 Å². The maximum atomic E-state index is 11.0. The molecule has 0 amide bonds. The van der Waals surface area contributed by atoms with E-state index >= 15 is 0 Å². The van der Waals surface area contributed by atoms with Crippen LogP contribution in [0.1, 0.15) is 0 Å². The SMILES string of the molecule is CS(=O)(=O)c1ccc(O)c([N+](=O)[O-])c1.O=[N+]([O-])c1ccncc1O. The van der Waals surface area contributed by atoms with Crippen LogP contribution in [0.5, 0.6) is 11.5 Å². The summed E-state index contributed by atoms with van der Waals surface area (Å²) < 4.78 is 22.0. The topological polar surface area (TPSA) is 174 Å². The molecule has 0 saturated heterocycles. The minimum Gasteiger partial charge on any atom is -0.502 e. The molecule has 0 aliphatic heterocycles. The fourth-order valence-corrected chi connectivity index (χ4v) is 2.05. The van der Waals surface area contributed by atoms with E-state index in [4.69, 9.17) is 10.2 Å². The molecule has 1 aromatic carbocycles. The molecule has 0 aliphatic carbocycles. The number of nitro groups is 2. The number of rotatable bonds is 3. The highest BCUT2D eigenvalue weighted by atomic mass is 32.2. The maximum absolute atomic E-state index is 11.0. The number of phenols is 1. The van der Waals surface area contributed by atoms with Gasteiger partial charge in [0, 0.05) is 24.6 Å². The molecular weight excluding hydrogens is 346 g/mol. The van der Waals surface area contributed by atoms with Crippen molar-refractivity contribution in [2.24, 2.45) is 0 Å². The lowest BCUT2D eigenvalue weighted by molar-refractivity contribution is -0.386.